The zero-order valence-corrected chi connectivity index (χ0v) is 16.2. The molecule has 30 heavy (non-hydrogen) atoms. The van der Waals surface area contributed by atoms with E-state index < -0.39 is 5.91 Å². The number of phenolic OH excluding ortho intramolecular Hbond substituents is 1. The first-order valence-electron chi connectivity index (χ1n) is 9.25. The van der Waals surface area contributed by atoms with Gasteiger partial charge in [0, 0.05) is 22.8 Å². The molecule has 0 atom stereocenters. The molecule has 0 radical (unpaired) electrons. The van der Waals surface area contributed by atoms with Crippen LogP contribution in [0.15, 0.2) is 91.1 Å². The summed E-state index contributed by atoms with van der Waals surface area (Å²) < 4.78 is 0. The number of phenols is 1. The van der Waals surface area contributed by atoms with E-state index in [1.54, 1.807) is 24.3 Å². The topological polar surface area (TPSA) is 102 Å². The molecule has 7 nitrogen and oxygen atoms in total. The fourth-order valence-electron chi connectivity index (χ4n) is 2.65. The second-order valence-electron chi connectivity index (χ2n) is 6.49. The summed E-state index contributed by atoms with van der Waals surface area (Å²) in [7, 11) is 0. The minimum absolute atomic E-state index is 0.0366. The van der Waals surface area contributed by atoms with E-state index in [4.69, 9.17) is 0 Å². The summed E-state index contributed by atoms with van der Waals surface area (Å²) in [6.45, 7) is 3.73. The third-order valence-corrected chi connectivity index (χ3v) is 4.11. The number of rotatable bonds is 8. The lowest BCUT2D eigenvalue weighted by Gasteiger charge is -2.12. The molecule has 3 aromatic carbocycles. The zero-order chi connectivity index (χ0) is 21.3. The smallest absolute Gasteiger partial charge is 0.273 e. The Hall–Kier alpha value is -4.26. The quantitative estimate of drug-likeness (QED) is 0.368. The van der Waals surface area contributed by atoms with Crippen molar-refractivity contribution in [3.8, 4) is 5.75 Å². The summed E-state index contributed by atoms with van der Waals surface area (Å²) in [5.74, 6) is -0.949. The Kier molecular flexibility index (Phi) is 6.68. The van der Waals surface area contributed by atoms with Crippen molar-refractivity contribution in [2.24, 2.45) is 0 Å². The van der Waals surface area contributed by atoms with Crippen LogP contribution in [0.3, 0.4) is 0 Å². The number of benzene rings is 3. The van der Waals surface area contributed by atoms with Crippen molar-refractivity contribution in [1.82, 2.24) is 10.9 Å². The fourth-order valence-corrected chi connectivity index (χ4v) is 2.65. The van der Waals surface area contributed by atoms with E-state index in [0.29, 0.717) is 11.4 Å². The van der Waals surface area contributed by atoms with Crippen LogP contribution in [0, 0.1) is 0 Å². The maximum absolute atomic E-state index is 12.2. The first-order valence-corrected chi connectivity index (χ1v) is 9.25. The maximum atomic E-state index is 12.2. The number of hydrogen-bond acceptors (Lipinski definition) is 5. The minimum Gasteiger partial charge on any atom is -0.507 e. The summed E-state index contributed by atoms with van der Waals surface area (Å²) >= 11 is 0. The highest BCUT2D eigenvalue weighted by Gasteiger charge is 2.11. The SMILES string of the molecule is C=C(CC(=O)Nc1ccc(Nc2ccccc2)cc1)NNC(=O)c1ccccc1O. The van der Waals surface area contributed by atoms with Gasteiger partial charge < -0.3 is 21.2 Å². The summed E-state index contributed by atoms with van der Waals surface area (Å²) in [6, 6.07) is 23.2. The van der Waals surface area contributed by atoms with Gasteiger partial charge in [0.15, 0.2) is 0 Å². The van der Waals surface area contributed by atoms with Crippen molar-refractivity contribution in [3.63, 3.8) is 0 Å². The van der Waals surface area contributed by atoms with E-state index in [-0.39, 0.29) is 23.6 Å². The average Bonchev–Trinajstić information content (AvgIpc) is 2.74. The summed E-state index contributed by atoms with van der Waals surface area (Å²) in [4.78, 5) is 24.2. The molecule has 0 saturated heterocycles. The summed E-state index contributed by atoms with van der Waals surface area (Å²) in [5.41, 5.74) is 7.93. The van der Waals surface area contributed by atoms with Gasteiger partial charge in [0.25, 0.3) is 5.91 Å². The third-order valence-electron chi connectivity index (χ3n) is 4.11. The molecule has 3 aromatic rings. The van der Waals surface area contributed by atoms with Crippen LogP contribution in [0.5, 0.6) is 5.75 Å². The number of carbonyl (C=O) groups is 2. The monoisotopic (exact) mass is 402 g/mol. The van der Waals surface area contributed by atoms with E-state index in [9.17, 15) is 14.7 Å². The molecule has 0 fully saturated rings. The van der Waals surface area contributed by atoms with Crippen molar-refractivity contribution in [2.75, 3.05) is 10.6 Å². The molecule has 5 N–H and O–H groups in total. The van der Waals surface area contributed by atoms with Crippen molar-refractivity contribution in [1.29, 1.82) is 0 Å². The average molecular weight is 402 g/mol. The molecule has 2 amide bonds. The number of aromatic hydroxyl groups is 1. The molecule has 0 aliphatic carbocycles. The normalized spacial score (nSPS) is 10.0. The van der Waals surface area contributed by atoms with E-state index >= 15 is 0 Å². The van der Waals surface area contributed by atoms with Gasteiger partial charge in [-0.15, -0.1) is 0 Å². The molecule has 3 rings (SSSR count). The predicted molar refractivity (Wildman–Crippen MR) is 117 cm³/mol. The highest BCUT2D eigenvalue weighted by Crippen LogP contribution is 2.19. The molecule has 7 heteroatoms. The third kappa shape index (κ3) is 5.87. The Labute approximate surface area is 174 Å². The van der Waals surface area contributed by atoms with Gasteiger partial charge >= 0.3 is 0 Å². The highest BCUT2D eigenvalue weighted by molar-refractivity contribution is 5.96. The van der Waals surface area contributed by atoms with Crippen LogP contribution in [0.2, 0.25) is 0 Å². The van der Waals surface area contributed by atoms with Gasteiger partial charge in [-0.25, -0.2) is 0 Å². The number of anilines is 3. The van der Waals surface area contributed by atoms with E-state index in [0.717, 1.165) is 11.4 Å². The van der Waals surface area contributed by atoms with Gasteiger partial charge in [-0.1, -0.05) is 36.9 Å². The second-order valence-corrected chi connectivity index (χ2v) is 6.49. The van der Waals surface area contributed by atoms with Crippen molar-refractivity contribution in [3.05, 3.63) is 96.7 Å². The lowest BCUT2D eigenvalue weighted by atomic mass is 10.2. The van der Waals surface area contributed by atoms with Crippen LogP contribution >= 0.6 is 0 Å². The van der Waals surface area contributed by atoms with Gasteiger partial charge in [0.05, 0.1) is 12.0 Å². The Morgan fingerprint density at radius 2 is 1.37 bits per heavy atom. The molecule has 152 valence electrons. The van der Waals surface area contributed by atoms with Gasteiger partial charge in [-0.3, -0.25) is 15.0 Å². The van der Waals surface area contributed by atoms with Crippen LogP contribution in [-0.4, -0.2) is 16.9 Å². The molecule has 0 heterocycles. The second kappa shape index (κ2) is 9.79. The van der Waals surface area contributed by atoms with Crippen molar-refractivity contribution in [2.45, 2.75) is 6.42 Å². The van der Waals surface area contributed by atoms with Crippen molar-refractivity contribution >= 4 is 28.9 Å². The number of carbonyl (C=O) groups excluding carboxylic acids is 2. The summed E-state index contributed by atoms with van der Waals surface area (Å²) in [6.07, 6.45) is -0.0366. The van der Waals surface area contributed by atoms with Crippen LogP contribution < -0.4 is 21.5 Å². The first kappa shape index (κ1) is 20.5. The number of para-hydroxylation sites is 2. The summed E-state index contributed by atoms with van der Waals surface area (Å²) in [5, 5.41) is 15.7. The molecule has 0 unspecified atom stereocenters. The molecular weight excluding hydrogens is 380 g/mol. The van der Waals surface area contributed by atoms with E-state index in [1.807, 2.05) is 42.5 Å². The molecule has 0 aliphatic rings. The van der Waals surface area contributed by atoms with Gasteiger partial charge in [0.2, 0.25) is 5.91 Å². The Balaban J connectivity index is 1.45. The number of hydrogen-bond donors (Lipinski definition) is 5. The molecule has 0 aromatic heterocycles. The molecule has 0 aliphatic heterocycles. The lowest BCUT2D eigenvalue weighted by Crippen LogP contribution is -2.37. The van der Waals surface area contributed by atoms with Crippen LogP contribution in [0.4, 0.5) is 17.1 Å². The van der Waals surface area contributed by atoms with Crippen molar-refractivity contribution < 1.29 is 14.7 Å². The molecular formula is C23H22N4O3. The van der Waals surface area contributed by atoms with Gasteiger partial charge in [-0.05, 0) is 48.5 Å². The first-order chi connectivity index (χ1) is 14.5. The van der Waals surface area contributed by atoms with Crippen LogP contribution in [-0.2, 0) is 4.79 Å². The van der Waals surface area contributed by atoms with Crippen LogP contribution in [0.1, 0.15) is 16.8 Å². The van der Waals surface area contributed by atoms with Crippen LogP contribution in [0.25, 0.3) is 0 Å². The van der Waals surface area contributed by atoms with E-state index in [1.165, 1.54) is 12.1 Å². The fraction of sp³-hybridized carbons (Fsp3) is 0.0435. The standard InChI is InChI=1S/C23H22N4O3/c1-16(26-27-23(30)20-9-5-6-10-21(20)28)15-22(29)25-19-13-11-18(12-14-19)24-17-7-3-2-4-8-17/h2-14,24,26,28H,1,15H2,(H,25,29)(H,27,30). The Morgan fingerprint density at radius 3 is 2.07 bits per heavy atom. The largest absolute Gasteiger partial charge is 0.507 e. The molecule has 0 spiro atoms. The number of hydrazine groups is 1. The minimum atomic E-state index is -0.531. The maximum Gasteiger partial charge on any atom is 0.273 e. The molecule has 0 saturated carbocycles. The number of amides is 2. The lowest BCUT2D eigenvalue weighted by molar-refractivity contribution is -0.115. The molecule has 0 bridgehead atoms. The van der Waals surface area contributed by atoms with E-state index in [2.05, 4.69) is 28.1 Å². The van der Waals surface area contributed by atoms with Gasteiger partial charge in [0.1, 0.15) is 5.75 Å². The van der Waals surface area contributed by atoms with Gasteiger partial charge in [-0.2, -0.15) is 0 Å². The highest BCUT2D eigenvalue weighted by atomic mass is 16.3. The number of nitrogens with one attached hydrogen (secondary N) is 4. The Morgan fingerprint density at radius 1 is 0.767 bits per heavy atom. The predicted octanol–water partition coefficient (Wildman–Crippen LogP) is 3.91. The Bertz CT molecular complexity index is 1030. The zero-order valence-electron chi connectivity index (χ0n) is 16.2.